The van der Waals surface area contributed by atoms with Crippen molar-refractivity contribution in [3.05, 3.63) is 29.8 Å². The van der Waals surface area contributed by atoms with Gasteiger partial charge < -0.3 is 20.7 Å². The van der Waals surface area contributed by atoms with E-state index in [2.05, 4.69) is 29.0 Å². The molecule has 2 saturated heterocycles. The van der Waals surface area contributed by atoms with Crippen molar-refractivity contribution in [3.63, 3.8) is 0 Å². The number of para-hydroxylation sites is 1. The first-order chi connectivity index (χ1) is 14.9. The van der Waals surface area contributed by atoms with Crippen molar-refractivity contribution >= 4 is 17.5 Å². The minimum atomic E-state index is -0.466. The van der Waals surface area contributed by atoms with Crippen molar-refractivity contribution < 1.29 is 14.3 Å². The molecular formula is C23H35N5O3. The van der Waals surface area contributed by atoms with Crippen molar-refractivity contribution in [3.8, 4) is 0 Å². The lowest BCUT2D eigenvalue weighted by Crippen LogP contribution is -2.62. The van der Waals surface area contributed by atoms with E-state index in [0.717, 1.165) is 50.6 Å². The first kappa shape index (κ1) is 22.2. The number of carbonyl (C=O) groups is 2. The highest BCUT2D eigenvalue weighted by atomic mass is 16.5. The maximum Gasteiger partial charge on any atom is 0.241 e. The molecule has 3 aliphatic rings. The lowest BCUT2D eigenvalue weighted by molar-refractivity contribution is -0.122. The van der Waals surface area contributed by atoms with Crippen LogP contribution in [0.15, 0.2) is 24.3 Å². The number of morpholine rings is 1. The van der Waals surface area contributed by atoms with E-state index in [1.165, 1.54) is 0 Å². The van der Waals surface area contributed by atoms with Gasteiger partial charge >= 0.3 is 0 Å². The standard InChI is InChI=1S/C23H35N5O3/c1-15-11-27(18(10-25-15)12-26-8-9-31-14-16(26)2)13-21(29)28-17(3)22(23(24)30)19-6-4-5-7-20(19)28/h4-7,15-18,22,25H,8-14H2,1-3H3,(H2,24,30)/t15-,16-,17?,18-,22?/m1/s1. The topological polar surface area (TPSA) is 91.1 Å². The molecule has 2 amide bonds. The molecule has 3 N–H and O–H groups in total. The molecular weight excluding hydrogens is 394 g/mol. The molecule has 3 heterocycles. The van der Waals surface area contributed by atoms with Crippen molar-refractivity contribution in [2.75, 3.05) is 50.8 Å². The van der Waals surface area contributed by atoms with Gasteiger partial charge in [0.1, 0.15) is 0 Å². The van der Waals surface area contributed by atoms with Crippen LogP contribution in [0.3, 0.4) is 0 Å². The molecule has 8 nitrogen and oxygen atoms in total. The number of ether oxygens (including phenoxy) is 1. The molecule has 0 spiro atoms. The Morgan fingerprint density at radius 3 is 2.71 bits per heavy atom. The van der Waals surface area contributed by atoms with Gasteiger partial charge in [-0.2, -0.15) is 0 Å². The van der Waals surface area contributed by atoms with Crippen LogP contribution in [0, 0.1) is 0 Å². The number of nitrogens with two attached hydrogens (primary N) is 1. The molecule has 4 rings (SSSR count). The van der Waals surface area contributed by atoms with Crippen LogP contribution in [0.1, 0.15) is 32.3 Å². The van der Waals surface area contributed by atoms with Crippen LogP contribution in [0.25, 0.3) is 0 Å². The molecule has 31 heavy (non-hydrogen) atoms. The highest BCUT2D eigenvalue weighted by molar-refractivity contribution is 6.01. The average Bonchev–Trinajstić information content (AvgIpc) is 3.03. The molecule has 1 aromatic carbocycles. The van der Waals surface area contributed by atoms with Gasteiger partial charge in [0, 0.05) is 56.0 Å². The highest BCUT2D eigenvalue weighted by Gasteiger charge is 2.42. The maximum atomic E-state index is 13.5. The summed E-state index contributed by atoms with van der Waals surface area (Å²) in [6, 6.07) is 8.31. The lowest BCUT2D eigenvalue weighted by atomic mass is 9.95. The van der Waals surface area contributed by atoms with Crippen molar-refractivity contribution in [2.45, 2.75) is 50.9 Å². The molecule has 0 aliphatic carbocycles. The Morgan fingerprint density at radius 2 is 1.97 bits per heavy atom. The van der Waals surface area contributed by atoms with Crippen LogP contribution >= 0.6 is 0 Å². The number of nitrogens with zero attached hydrogens (tertiary/aromatic N) is 3. The molecule has 0 aromatic heterocycles. The lowest BCUT2D eigenvalue weighted by Gasteiger charge is -2.44. The zero-order valence-corrected chi connectivity index (χ0v) is 18.8. The Bertz CT molecular complexity index is 818. The third-order valence-corrected chi connectivity index (χ3v) is 7.01. The number of hydrogen-bond acceptors (Lipinski definition) is 6. The highest BCUT2D eigenvalue weighted by Crippen LogP contribution is 2.40. The van der Waals surface area contributed by atoms with Crippen molar-refractivity contribution in [1.29, 1.82) is 0 Å². The third-order valence-electron chi connectivity index (χ3n) is 7.01. The second-order valence-corrected chi connectivity index (χ2v) is 9.25. The van der Waals surface area contributed by atoms with Gasteiger partial charge in [-0.25, -0.2) is 0 Å². The van der Waals surface area contributed by atoms with Gasteiger partial charge in [-0.15, -0.1) is 0 Å². The Hall–Kier alpha value is -2.00. The second-order valence-electron chi connectivity index (χ2n) is 9.25. The maximum absolute atomic E-state index is 13.5. The van der Waals surface area contributed by atoms with Crippen LogP contribution in [-0.4, -0.2) is 91.7 Å². The van der Waals surface area contributed by atoms with E-state index in [0.29, 0.717) is 18.6 Å². The fourth-order valence-corrected chi connectivity index (χ4v) is 5.31. The van der Waals surface area contributed by atoms with Gasteiger partial charge in [0.05, 0.1) is 25.7 Å². The van der Waals surface area contributed by atoms with Gasteiger partial charge in [0.15, 0.2) is 0 Å². The number of rotatable bonds is 5. The van der Waals surface area contributed by atoms with Crippen LogP contribution in [0.5, 0.6) is 0 Å². The predicted molar refractivity (Wildman–Crippen MR) is 120 cm³/mol. The molecule has 0 saturated carbocycles. The summed E-state index contributed by atoms with van der Waals surface area (Å²) in [5, 5.41) is 3.57. The monoisotopic (exact) mass is 429 g/mol. The van der Waals surface area contributed by atoms with Crippen LogP contribution in [-0.2, 0) is 14.3 Å². The summed E-state index contributed by atoms with van der Waals surface area (Å²) < 4.78 is 5.58. The molecule has 2 fully saturated rings. The molecule has 170 valence electrons. The fourth-order valence-electron chi connectivity index (χ4n) is 5.31. The number of carbonyl (C=O) groups excluding carboxylic acids is 2. The summed E-state index contributed by atoms with van der Waals surface area (Å²) in [4.78, 5) is 32.2. The summed E-state index contributed by atoms with van der Waals surface area (Å²) in [5.74, 6) is -0.824. The number of anilines is 1. The Labute approximate surface area is 184 Å². The summed E-state index contributed by atoms with van der Waals surface area (Å²) in [6.07, 6.45) is 0. The van der Waals surface area contributed by atoms with Gasteiger partial charge in [-0.05, 0) is 32.4 Å². The smallest absolute Gasteiger partial charge is 0.241 e. The van der Waals surface area contributed by atoms with Gasteiger partial charge in [0.2, 0.25) is 11.8 Å². The van der Waals surface area contributed by atoms with Crippen LogP contribution in [0.2, 0.25) is 0 Å². The zero-order valence-electron chi connectivity index (χ0n) is 18.8. The fraction of sp³-hybridized carbons (Fsp3) is 0.652. The average molecular weight is 430 g/mol. The molecule has 3 aliphatic heterocycles. The molecule has 2 unspecified atom stereocenters. The molecule has 8 heteroatoms. The number of benzene rings is 1. The van der Waals surface area contributed by atoms with Crippen molar-refractivity contribution in [1.82, 2.24) is 15.1 Å². The Kier molecular flexibility index (Phi) is 6.62. The van der Waals surface area contributed by atoms with E-state index in [-0.39, 0.29) is 23.9 Å². The van der Waals surface area contributed by atoms with E-state index >= 15 is 0 Å². The SMILES string of the molecule is CC1C(C(N)=O)c2ccccc2N1C(=O)CN1C[C@@H](C)NC[C@@H]1CN1CCOC[C@H]1C. The predicted octanol–water partition coefficient (Wildman–Crippen LogP) is 0.374. The van der Waals surface area contributed by atoms with E-state index < -0.39 is 5.92 Å². The molecule has 1 aromatic rings. The Balaban J connectivity index is 1.50. The Morgan fingerprint density at radius 1 is 1.19 bits per heavy atom. The third kappa shape index (κ3) is 4.48. The molecule has 5 atom stereocenters. The summed E-state index contributed by atoms with van der Waals surface area (Å²) in [7, 11) is 0. The van der Waals surface area contributed by atoms with Gasteiger partial charge in [0.25, 0.3) is 0 Å². The van der Waals surface area contributed by atoms with E-state index in [1.54, 1.807) is 4.90 Å². The minimum absolute atomic E-state index is 0.0258. The largest absolute Gasteiger partial charge is 0.379 e. The second kappa shape index (κ2) is 9.24. The van der Waals surface area contributed by atoms with Crippen LogP contribution in [0.4, 0.5) is 5.69 Å². The van der Waals surface area contributed by atoms with Crippen molar-refractivity contribution in [2.24, 2.45) is 5.73 Å². The summed E-state index contributed by atoms with van der Waals surface area (Å²) in [6.45, 7) is 11.6. The number of nitrogens with one attached hydrogen (secondary N) is 1. The summed E-state index contributed by atoms with van der Waals surface area (Å²) in [5.41, 5.74) is 7.36. The summed E-state index contributed by atoms with van der Waals surface area (Å²) >= 11 is 0. The number of fused-ring (bicyclic) bond motifs is 1. The quantitative estimate of drug-likeness (QED) is 0.703. The van der Waals surface area contributed by atoms with E-state index in [9.17, 15) is 9.59 Å². The first-order valence-electron chi connectivity index (χ1n) is 11.4. The number of primary amides is 1. The van der Waals surface area contributed by atoms with Gasteiger partial charge in [-0.1, -0.05) is 18.2 Å². The van der Waals surface area contributed by atoms with E-state index in [4.69, 9.17) is 10.5 Å². The number of hydrogen-bond donors (Lipinski definition) is 2. The van der Waals surface area contributed by atoms with E-state index in [1.807, 2.05) is 31.2 Å². The molecule has 0 bridgehead atoms. The van der Waals surface area contributed by atoms with Crippen LogP contribution < -0.4 is 16.0 Å². The van der Waals surface area contributed by atoms with Gasteiger partial charge in [-0.3, -0.25) is 19.4 Å². The normalized spacial score (nSPS) is 32.1. The number of amides is 2. The zero-order chi connectivity index (χ0) is 22.1. The molecule has 0 radical (unpaired) electrons. The first-order valence-corrected chi connectivity index (χ1v) is 11.4. The number of piperazine rings is 1. The minimum Gasteiger partial charge on any atom is -0.379 e.